The van der Waals surface area contributed by atoms with Gasteiger partial charge in [0.25, 0.3) is 0 Å². The van der Waals surface area contributed by atoms with E-state index in [4.69, 9.17) is 5.73 Å². The Bertz CT molecular complexity index is 585. The normalized spacial score (nSPS) is 15.9. The van der Waals surface area contributed by atoms with Gasteiger partial charge in [-0.3, -0.25) is 4.99 Å². The lowest BCUT2D eigenvalue weighted by atomic mass is 10.1. The standard InChI is InChI=1S/C18H28FN5O/c1-2-21-18(23-16-8-11-24(12-9-16)17(20)25)22-10-4-6-14-5-3-7-15(19)13-14/h3,5,7,13,16H,2,4,6,8-12H2,1H3,(H2,20,25)(H2,21,22,23). The van der Waals surface area contributed by atoms with E-state index in [0.29, 0.717) is 19.6 Å². The topological polar surface area (TPSA) is 82.8 Å². The molecule has 0 spiro atoms. The van der Waals surface area contributed by atoms with Gasteiger partial charge in [-0.05, 0) is 50.3 Å². The molecule has 25 heavy (non-hydrogen) atoms. The molecular formula is C18H28FN5O. The largest absolute Gasteiger partial charge is 0.357 e. The monoisotopic (exact) mass is 349 g/mol. The van der Waals surface area contributed by atoms with Crippen LogP contribution in [0.15, 0.2) is 29.3 Å². The maximum Gasteiger partial charge on any atom is 0.314 e. The number of nitrogens with two attached hydrogens (primary N) is 1. The number of benzene rings is 1. The van der Waals surface area contributed by atoms with Crippen molar-refractivity contribution in [1.29, 1.82) is 0 Å². The van der Waals surface area contributed by atoms with E-state index in [1.807, 2.05) is 13.0 Å². The lowest BCUT2D eigenvalue weighted by molar-refractivity contribution is 0.188. The van der Waals surface area contributed by atoms with Gasteiger partial charge in [-0.15, -0.1) is 0 Å². The van der Waals surface area contributed by atoms with Crippen LogP contribution in [0.4, 0.5) is 9.18 Å². The van der Waals surface area contributed by atoms with Gasteiger partial charge in [-0.25, -0.2) is 9.18 Å². The molecular weight excluding hydrogens is 321 g/mol. The van der Waals surface area contributed by atoms with E-state index in [1.54, 1.807) is 17.0 Å². The molecule has 2 amide bonds. The summed E-state index contributed by atoms with van der Waals surface area (Å²) < 4.78 is 13.2. The molecule has 2 rings (SSSR count). The SMILES string of the molecule is CCNC(=NCCCc1cccc(F)c1)NC1CCN(C(N)=O)CC1. The van der Waals surface area contributed by atoms with E-state index in [9.17, 15) is 9.18 Å². The maximum atomic E-state index is 13.2. The van der Waals surface area contributed by atoms with E-state index < -0.39 is 0 Å². The van der Waals surface area contributed by atoms with Gasteiger partial charge in [0.1, 0.15) is 5.82 Å². The van der Waals surface area contributed by atoms with Crippen LogP contribution in [-0.4, -0.2) is 49.1 Å². The lowest BCUT2D eigenvalue weighted by Crippen LogP contribution is -2.50. The number of urea groups is 1. The zero-order chi connectivity index (χ0) is 18.1. The summed E-state index contributed by atoms with van der Waals surface area (Å²) in [5.74, 6) is 0.595. The molecule has 1 heterocycles. The average Bonchev–Trinajstić information content (AvgIpc) is 2.59. The summed E-state index contributed by atoms with van der Waals surface area (Å²) in [6, 6.07) is 6.63. The number of rotatable bonds is 6. The van der Waals surface area contributed by atoms with Crippen LogP contribution < -0.4 is 16.4 Å². The third kappa shape index (κ3) is 6.60. The van der Waals surface area contributed by atoms with Crippen LogP contribution in [0.5, 0.6) is 0 Å². The van der Waals surface area contributed by atoms with Crippen molar-refractivity contribution in [3.05, 3.63) is 35.6 Å². The summed E-state index contributed by atoms with van der Waals surface area (Å²) in [5, 5.41) is 6.67. The smallest absolute Gasteiger partial charge is 0.314 e. The second-order valence-electron chi connectivity index (χ2n) is 6.24. The first-order valence-electron chi connectivity index (χ1n) is 8.92. The van der Waals surface area contributed by atoms with E-state index in [1.165, 1.54) is 6.07 Å². The van der Waals surface area contributed by atoms with Crippen LogP contribution in [0.25, 0.3) is 0 Å². The van der Waals surface area contributed by atoms with Gasteiger partial charge in [0.15, 0.2) is 5.96 Å². The second kappa shape index (κ2) is 9.86. The number of hydrogen-bond donors (Lipinski definition) is 3. The Morgan fingerprint density at radius 1 is 1.40 bits per heavy atom. The van der Waals surface area contributed by atoms with E-state index >= 15 is 0 Å². The molecule has 0 atom stereocenters. The number of halogens is 1. The number of nitrogens with one attached hydrogen (secondary N) is 2. The average molecular weight is 349 g/mol. The Labute approximate surface area is 148 Å². The summed E-state index contributed by atoms with van der Waals surface area (Å²) in [4.78, 5) is 17.4. The molecule has 1 aliphatic rings. The minimum Gasteiger partial charge on any atom is -0.357 e. The fourth-order valence-electron chi connectivity index (χ4n) is 2.92. The van der Waals surface area contributed by atoms with Gasteiger partial charge in [-0.1, -0.05) is 12.1 Å². The number of carbonyl (C=O) groups excluding carboxylic acids is 1. The minimum atomic E-state index is -0.351. The number of amides is 2. The van der Waals surface area contributed by atoms with Crippen LogP contribution in [0.3, 0.4) is 0 Å². The molecule has 4 N–H and O–H groups in total. The number of guanidine groups is 1. The van der Waals surface area contributed by atoms with Crippen LogP contribution >= 0.6 is 0 Å². The highest BCUT2D eigenvalue weighted by molar-refractivity contribution is 5.80. The molecule has 0 radical (unpaired) electrons. The van der Waals surface area contributed by atoms with E-state index in [0.717, 1.165) is 43.8 Å². The third-order valence-corrected chi connectivity index (χ3v) is 4.27. The maximum absolute atomic E-state index is 13.2. The zero-order valence-corrected chi connectivity index (χ0v) is 14.8. The Kier molecular flexibility index (Phi) is 7.50. The second-order valence-corrected chi connectivity index (χ2v) is 6.24. The minimum absolute atomic E-state index is 0.196. The first-order chi connectivity index (χ1) is 12.1. The quantitative estimate of drug-likeness (QED) is 0.416. The molecule has 6 nitrogen and oxygen atoms in total. The van der Waals surface area contributed by atoms with Crippen molar-refractivity contribution < 1.29 is 9.18 Å². The van der Waals surface area contributed by atoms with Crippen molar-refractivity contribution in [1.82, 2.24) is 15.5 Å². The predicted octanol–water partition coefficient (Wildman–Crippen LogP) is 1.86. The molecule has 0 unspecified atom stereocenters. The summed E-state index contributed by atoms with van der Waals surface area (Å²) in [5.41, 5.74) is 6.30. The lowest BCUT2D eigenvalue weighted by Gasteiger charge is -2.32. The zero-order valence-electron chi connectivity index (χ0n) is 14.8. The van der Waals surface area contributed by atoms with Crippen molar-refractivity contribution in [3.63, 3.8) is 0 Å². The van der Waals surface area contributed by atoms with Crippen LogP contribution in [-0.2, 0) is 6.42 Å². The van der Waals surface area contributed by atoms with Crippen molar-refractivity contribution in [2.75, 3.05) is 26.2 Å². The van der Waals surface area contributed by atoms with Crippen LogP contribution in [0.2, 0.25) is 0 Å². The van der Waals surface area contributed by atoms with Crippen molar-refractivity contribution >= 4 is 12.0 Å². The molecule has 1 fully saturated rings. The third-order valence-electron chi connectivity index (χ3n) is 4.27. The van der Waals surface area contributed by atoms with Gasteiger partial charge >= 0.3 is 6.03 Å². The van der Waals surface area contributed by atoms with Gasteiger partial charge in [0, 0.05) is 32.2 Å². The molecule has 138 valence electrons. The molecule has 1 aromatic rings. The van der Waals surface area contributed by atoms with Crippen LogP contribution in [0.1, 0.15) is 31.7 Å². The molecule has 0 aromatic heterocycles. The highest BCUT2D eigenvalue weighted by atomic mass is 19.1. The van der Waals surface area contributed by atoms with Gasteiger partial charge in [-0.2, -0.15) is 0 Å². The molecule has 1 aromatic carbocycles. The van der Waals surface area contributed by atoms with Crippen molar-refractivity contribution in [2.24, 2.45) is 10.7 Å². The number of aliphatic imine (C=N–C) groups is 1. The van der Waals surface area contributed by atoms with E-state index in [2.05, 4.69) is 15.6 Å². The number of aryl methyl sites for hydroxylation is 1. The number of likely N-dealkylation sites (tertiary alicyclic amines) is 1. The fourth-order valence-corrected chi connectivity index (χ4v) is 2.92. The summed E-state index contributed by atoms with van der Waals surface area (Å²) in [7, 11) is 0. The number of primary amides is 1. The summed E-state index contributed by atoms with van der Waals surface area (Å²) in [6.45, 7) is 4.83. The van der Waals surface area contributed by atoms with Crippen molar-refractivity contribution in [2.45, 2.75) is 38.6 Å². The number of nitrogens with zero attached hydrogens (tertiary/aromatic N) is 2. The highest BCUT2D eigenvalue weighted by Gasteiger charge is 2.21. The Hall–Kier alpha value is -2.31. The number of hydrogen-bond acceptors (Lipinski definition) is 2. The Balaban J connectivity index is 1.77. The molecule has 0 aliphatic carbocycles. The molecule has 1 aliphatic heterocycles. The molecule has 0 saturated carbocycles. The Morgan fingerprint density at radius 3 is 2.80 bits per heavy atom. The first-order valence-corrected chi connectivity index (χ1v) is 8.92. The van der Waals surface area contributed by atoms with Crippen LogP contribution in [0, 0.1) is 5.82 Å². The highest BCUT2D eigenvalue weighted by Crippen LogP contribution is 2.10. The summed E-state index contributed by atoms with van der Waals surface area (Å²) in [6.07, 6.45) is 3.38. The molecule has 1 saturated heterocycles. The van der Waals surface area contributed by atoms with Crippen molar-refractivity contribution in [3.8, 4) is 0 Å². The molecule has 7 heteroatoms. The predicted molar refractivity (Wildman–Crippen MR) is 98.0 cm³/mol. The van der Waals surface area contributed by atoms with Gasteiger partial charge in [0.05, 0.1) is 0 Å². The first kappa shape index (κ1) is 19.0. The van der Waals surface area contributed by atoms with Gasteiger partial charge < -0.3 is 21.3 Å². The van der Waals surface area contributed by atoms with E-state index in [-0.39, 0.29) is 17.9 Å². The fraction of sp³-hybridized carbons (Fsp3) is 0.556. The number of piperidine rings is 1. The molecule has 0 bridgehead atoms. The van der Waals surface area contributed by atoms with Gasteiger partial charge in [0.2, 0.25) is 0 Å². The number of carbonyl (C=O) groups is 1. The summed E-state index contributed by atoms with van der Waals surface area (Å²) >= 11 is 0. The Morgan fingerprint density at radius 2 is 2.16 bits per heavy atom.